The highest BCUT2D eigenvalue weighted by molar-refractivity contribution is 6.16. The average Bonchev–Trinajstić information content (AvgIpc) is 2.89. The lowest BCUT2D eigenvalue weighted by Crippen LogP contribution is -1.92. The van der Waals surface area contributed by atoms with Gasteiger partial charge in [0.05, 0.1) is 5.52 Å². The summed E-state index contributed by atoms with van der Waals surface area (Å²) in [5.74, 6) is 0.347. The van der Waals surface area contributed by atoms with Gasteiger partial charge in [-0.15, -0.1) is 0 Å². The molecule has 1 heterocycles. The molecule has 0 spiro atoms. The van der Waals surface area contributed by atoms with Crippen LogP contribution >= 0.6 is 0 Å². The first kappa shape index (κ1) is 14.8. The van der Waals surface area contributed by atoms with E-state index in [0.717, 1.165) is 38.5 Å². The van der Waals surface area contributed by atoms with Crippen LogP contribution in [0.4, 0.5) is 0 Å². The van der Waals surface area contributed by atoms with Crippen molar-refractivity contribution >= 4 is 21.8 Å². The number of hydrogen-bond donors (Lipinski definition) is 2. The Morgan fingerprint density at radius 1 is 0.792 bits per heavy atom. The Morgan fingerprint density at radius 2 is 1.46 bits per heavy atom. The molecule has 0 radical (unpaired) electrons. The second kappa shape index (κ2) is 5.13. The average molecular weight is 315 g/mol. The maximum absolute atomic E-state index is 10.8. The van der Waals surface area contributed by atoms with E-state index in [2.05, 4.69) is 50.0 Å². The summed E-state index contributed by atoms with van der Waals surface area (Å²) in [6, 6.07) is 14.5. The number of aromatic hydroxyl groups is 1. The third-order valence-corrected chi connectivity index (χ3v) is 4.89. The molecule has 2 heteroatoms. The summed E-state index contributed by atoms with van der Waals surface area (Å²) >= 11 is 0. The van der Waals surface area contributed by atoms with Gasteiger partial charge < -0.3 is 10.1 Å². The van der Waals surface area contributed by atoms with Crippen LogP contribution in [0.5, 0.6) is 5.75 Å². The van der Waals surface area contributed by atoms with Gasteiger partial charge in [0.2, 0.25) is 0 Å². The Labute approximate surface area is 141 Å². The van der Waals surface area contributed by atoms with E-state index in [-0.39, 0.29) is 0 Å². The molecule has 0 bridgehead atoms. The van der Waals surface area contributed by atoms with Gasteiger partial charge >= 0.3 is 0 Å². The van der Waals surface area contributed by atoms with Crippen molar-refractivity contribution in [3.05, 3.63) is 64.7 Å². The maximum Gasteiger partial charge on any atom is 0.124 e. The van der Waals surface area contributed by atoms with Crippen LogP contribution in [0.1, 0.15) is 22.3 Å². The normalized spacial score (nSPS) is 11.5. The van der Waals surface area contributed by atoms with Crippen LogP contribution in [0.3, 0.4) is 0 Å². The van der Waals surface area contributed by atoms with Gasteiger partial charge in [-0.25, -0.2) is 0 Å². The fourth-order valence-electron chi connectivity index (χ4n) is 4.00. The van der Waals surface area contributed by atoms with Gasteiger partial charge in [-0.3, -0.25) is 0 Å². The van der Waals surface area contributed by atoms with Crippen LogP contribution in [0.2, 0.25) is 0 Å². The summed E-state index contributed by atoms with van der Waals surface area (Å²) in [5.41, 5.74) is 8.96. The number of fused-ring (bicyclic) bond motifs is 3. The van der Waals surface area contributed by atoms with Crippen molar-refractivity contribution in [2.75, 3.05) is 0 Å². The van der Waals surface area contributed by atoms with Crippen molar-refractivity contribution in [1.29, 1.82) is 0 Å². The first-order chi connectivity index (χ1) is 11.5. The molecule has 4 aromatic rings. The number of H-pyrrole nitrogens is 1. The third-order valence-electron chi connectivity index (χ3n) is 4.89. The number of phenolic OH excluding ortho intramolecular Hbond substituents is 1. The first-order valence-corrected chi connectivity index (χ1v) is 8.28. The molecule has 0 saturated carbocycles. The SMILES string of the molecule is Cc1cc(C)c(-c2c(O)cc(C)c3[nH]c4ccccc4c23)c(C)c1. The van der Waals surface area contributed by atoms with Gasteiger partial charge in [0.15, 0.2) is 0 Å². The molecule has 0 amide bonds. The Morgan fingerprint density at radius 3 is 2.17 bits per heavy atom. The van der Waals surface area contributed by atoms with Crippen LogP contribution in [0.25, 0.3) is 32.9 Å². The monoisotopic (exact) mass is 315 g/mol. The number of phenols is 1. The number of para-hydroxylation sites is 1. The highest BCUT2D eigenvalue weighted by Crippen LogP contribution is 2.44. The molecule has 0 unspecified atom stereocenters. The van der Waals surface area contributed by atoms with Crippen LogP contribution in [-0.2, 0) is 0 Å². The second-order valence-electron chi connectivity index (χ2n) is 6.78. The Bertz CT molecular complexity index is 1080. The van der Waals surface area contributed by atoms with E-state index in [1.165, 1.54) is 16.7 Å². The van der Waals surface area contributed by atoms with Crippen molar-refractivity contribution in [2.45, 2.75) is 27.7 Å². The molecule has 2 nitrogen and oxygen atoms in total. The molecule has 0 aliphatic carbocycles. The van der Waals surface area contributed by atoms with Crippen molar-refractivity contribution in [3.8, 4) is 16.9 Å². The van der Waals surface area contributed by atoms with Gasteiger partial charge in [0.25, 0.3) is 0 Å². The molecule has 4 rings (SSSR count). The molecule has 24 heavy (non-hydrogen) atoms. The summed E-state index contributed by atoms with van der Waals surface area (Å²) in [4.78, 5) is 3.52. The molecule has 3 aromatic carbocycles. The number of aryl methyl sites for hydroxylation is 4. The molecule has 1 aromatic heterocycles. The van der Waals surface area contributed by atoms with Crippen LogP contribution in [-0.4, -0.2) is 10.1 Å². The lowest BCUT2D eigenvalue weighted by molar-refractivity contribution is 0.477. The summed E-state index contributed by atoms with van der Waals surface area (Å²) in [5, 5.41) is 13.1. The minimum atomic E-state index is 0.347. The molecule has 120 valence electrons. The molecular formula is C22H21NO. The van der Waals surface area contributed by atoms with E-state index >= 15 is 0 Å². The zero-order chi connectivity index (χ0) is 17.0. The summed E-state index contributed by atoms with van der Waals surface area (Å²) in [6.07, 6.45) is 0. The number of nitrogens with one attached hydrogen (secondary N) is 1. The van der Waals surface area contributed by atoms with Gasteiger partial charge in [-0.1, -0.05) is 35.9 Å². The minimum Gasteiger partial charge on any atom is -0.507 e. The van der Waals surface area contributed by atoms with E-state index in [0.29, 0.717) is 5.75 Å². The Hall–Kier alpha value is -2.74. The van der Waals surface area contributed by atoms with E-state index in [4.69, 9.17) is 0 Å². The molecule has 0 aliphatic rings. The minimum absolute atomic E-state index is 0.347. The predicted molar refractivity (Wildman–Crippen MR) is 102 cm³/mol. The van der Waals surface area contributed by atoms with Crippen molar-refractivity contribution in [3.63, 3.8) is 0 Å². The highest BCUT2D eigenvalue weighted by atomic mass is 16.3. The topological polar surface area (TPSA) is 36.0 Å². The zero-order valence-corrected chi connectivity index (χ0v) is 14.5. The van der Waals surface area contributed by atoms with Crippen molar-refractivity contribution in [1.82, 2.24) is 4.98 Å². The van der Waals surface area contributed by atoms with Crippen LogP contribution in [0, 0.1) is 27.7 Å². The fourth-order valence-corrected chi connectivity index (χ4v) is 4.00. The van der Waals surface area contributed by atoms with E-state index < -0.39 is 0 Å². The Balaban J connectivity index is 2.25. The van der Waals surface area contributed by atoms with Crippen LogP contribution in [0.15, 0.2) is 42.5 Å². The quantitative estimate of drug-likeness (QED) is 0.449. The van der Waals surface area contributed by atoms with Gasteiger partial charge in [-0.05, 0) is 62.1 Å². The van der Waals surface area contributed by atoms with Gasteiger partial charge in [-0.2, -0.15) is 0 Å². The number of aromatic amines is 1. The van der Waals surface area contributed by atoms with Gasteiger partial charge in [0, 0.05) is 21.9 Å². The molecule has 0 fully saturated rings. The molecular weight excluding hydrogens is 294 g/mol. The number of hydrogen-bond acceptors (Lipinski definition) is 1. The van der Waals surface area contributed by atoms with Gasteiger partial charge in [0.1, 0.15) is 5.75 Å². The molecule has 0 atom stereocenters. The van der Waals surface area contributed by atoms with Crippen molar-refractivity contribution in [2.24, 2.45) is 0 Å². The highest BCUT2D eigenvalue weighted by Gasteiger charge is 2.19. The van der Waals surface area contributed by atoms with Crippen molar-refractivity contribution < 1.29 is 5.11 Å². The smallest absolute Gasteiger partial charge is 0.124 e. The van der Waals surface area contributed by atoms with E-state index in [9.17, 15) is 5.11 Å². The lowest BCUT2D eigenvalue weighted by Gasteiger charge is -2.15. The number of benzene rings is 3. The summed E-state index contributed by atoms with van der Waals surface area (Å²) in [6.45, 7) is 8.39. The third kappa shape index (κ3) is 2.03. The predicted octanol–water partition coefficient (Wildman–Crippen LogP) is 5.93. The standard InChI is InChI=1S/C22H21NO/c1-12-9-13(2)19(14(3)10-12)21-18(24)11-15(4)22-20(21)16-7-5-6-8-17(16)23-22/h5-11,23-24H,1-4H3. The van der Waals surface area contributed by atoms with E-state index in [1.807, 2.05) is 25.1 Å². The van der Waals surface area contributed by atoms with Crippen LogP contribution < -0.4 is 0 Å². The lowest BCUT2D eigenvalue weighted by atomic mass is 9.89. The largest absolute Gasteiger partial charge is 0.507 e. The summed E-state index contributed by atoms with van der Waals surface area (Å²) in [7, 11) is 0. The Kier molecular flexibility index (Phi) is 3.17. The fraction of sp³-hybridized carbons (Fsp3) is 0.182. The molecule has 0 aliphatic heterocycles. The first-order valence-electron chi connectivity index (χ1n) is 8.28. The number of aromatic nitrogens is 1. The maximum atomic E-state index is 10.8. The van der Waals surface area contributed by atoms with E-state index in [1.54, 1.807) is 0 Å². The summed E-state index contributed by atoms with van der Waals surface area (Å²) < 4.78 is 0. The number of rotatable bonds is 1. The zero-order valence-electron chi connectivity index (χ0n) is 14.5. The molecule has 2 N–H and O–H groups in total. The molecule has 0 saturated heterocycles. The second-order valence-corrected chi connectivity index (χ2v) is 6.78.